The third-order valence-electron chi connectivity index (χ3n) is 2.54. The van der Waals surface area contributed by atoms with Crippen LogP contribution in [0.5, 0.6) is 0 Å². The molecule has 78 valence electrons. The van der Waals surface area contributed by atoms with Gasteiger partial charge in [0.2, 0.25) is 5.91 Å². The summed E-state index contributed by atoms with van der Waals surface area (Å²) in [5, 5.41) is 2.91. The highest BCUT2D eigenvalue weighted by Crippen LogP contribution is 2.31. The van der Waals surface area contributed by atoms with Crippen molar-refractivity contribution in [1.82, 2.24) is 5.32 Å². The molecule has 0 bridgehead atoms. The number of carbonyl (C=O) groups is 1. The molecule has 2 rings (SSSR count). The number of rotatable bonds is 1. The fraction of sp³-hybridized carbons (Fsp3) is 0.250. The Hall–Kier alpha value is -1.09. The van der Waals surface area contributed by atoms with Gasteiger partial charge in [0.15, 0.2) is 0 Å². The van der Waals surface area contributed by atoms with E-state index in [4.69, 9.17) is 0 Å². The molecule has 0 aromatic heterocycles. The van der Waals surface area contributed by atoms with Gasteiger partial charge in [-0.15, -0.1) is 0 Å². The van der Waals surface area contributed by atoms with Gasteiger partial charge >= 0.3 is 0 Å². The van der Waals surface area contributed by atoms with Gasteiger partial charge in [0, 0.05) is 10.5 Å². The molecule has 0 radical (unpaired) electrons. The second-order valence-corrected chi connectivity index (χ2v) is 5.09. The van der Waals surface area contributed by atoms with Gasteiger partial charge in [-0.25, -0.2) is 0 Å². The number of carbonyl (C=O) groups excluding carboxylic acids is 1. The van der Waals surface area contributed by atoms with Crippen molar-refractivity contribution in [2.45, 2.75) is 19.4 Å². The van der Waals surface area contributed by atoms with E-state index in [9.17, 15) is 4.79 Å². The summed E-state index contributed by atoms with van der Waals surface area (Å²) in [5.74, 6) is -0.0158. The van der Waals surface area contributed by atoms with Gasteiger partial charge in [-0.1, -0.05) is 28.1 Å². The standard InChI is InChI=1S/C12H12BrNO/c1-12(2)10(7-11(15)14-12)8-3-5-9(13)6-4-8/h3-7H,1-2H3,(H,14,15). The molecule has 1 N–H and O–H groups in total. The predicted molar refractivity (Wildman–Crippen MR) is 64.3 cm³/mol. The molecule has 1 aliphatic heterocycles. The van der Waals surface area contributed by atoms with E-state index in [0.29, 0.717) is 0 Å². The van der Waals surface area contributed by atoms with Crippen LogP contribution in [-0.4, -0.2) is 11.4 Å². The van der Waals surface area contributed by atoms with Gasteiger partial charge in [0.05, 0.1) is 5.54 Å². The van der Waals surface area contributed by atoms with Crippen LogP contribution >= 0.6 is 15.9 Å². The molecule has 1 heterocycles. The SMILES string of the molecule is CC1(C)NC(=O)C=C1c1ccc(Br)cc1. The summed E-state index contributed by atoms with van der Waals surface area (Å²) in [6.07, 6.45) is 1.67. The van der Waals surface area contributed by atoms with E-state index in [1.165, 1.54) is 0 Å². The first-order valence-corrected chi connectivity index (χ1v) is 5.58. The second-order valence-electron chi connectivity index (χ2n) is 4.18. The third-order valence-corrected chi connectivity index (χ3v) is 3.07. The van der Waals surface area contributed by atoms with Crippen molar-refractivity contribution in [2.75, 3.05) is 0 Å². The lowest BCUT2D eigenvalue weighted by atomic mass is 9.91. The Morgan fingerprint density at radius 2 is 1.80 bits per heavy atom. The highest BCUT2D eigenvalue weighted by Gasteiger charge is 2.31. The van der Waals surface area contributed by atoms with Crippen molar-refractivity contribution >= 4 is 27.4 Å². The van der Waals surface area contributed by atoms with Gasteiger partial charge in [-0.2, -0.15) is 0 Å². The summed E-state index contributed by atoms with van der Waals surface area (Å²) >= 11 is 3.39. The molecule has 0 aliphatic carbocycles. The minimum absolute atomic E-state index is 0.0158. The van der Waals surface area contributed by atoms with E-state index in [0.717, 1.165) is 15.6 Å². The first-order chi connectivity index (χ1) is 6.99. The van der Waals surface area contributed by atoms with Crippen LogP contribution in [0.15, 0.2) is 34.8 Å². The van der Waals surface area contributed by atoms with E-state index in [1.54, 1.807) is 6.08 Å². The van der Waals surface area contributed by atoms with Crippen molar-refractivity contribution in [1.29, 1.82) is 0 Å². The van der Waals surface area contributed by atoms with Gasteiger partial charge in [-0.3, -0.25) is 4.79 Å². The van der Waals surface area contributed by atoms with E-state index in [1.807, 2.05) is 38.1 Å². The zero-order chi connectivity index (χ0) is 11.1. The quantitative estimate of drug-likeness (QED) is 0.832. The maximum absolute atomic E-state index is 11.3. The van der Waals surface area contributed by atoms with Crippen LogP contribution in [0.2, 0.25) is 0 Å². The second kappa shape index (κ2) is 3.49. The molecule has 2 nitrogen and oxygen atoms in total. The molecule has 15 heavy (non-hydrogen) atoms. The summed E-state index contributed by atoms with van der Waals surface area (Å²) in [4.78, 5) is 11.3. The number of amides is 1. The number of hydrogen-bond acceptors (Lipinski definition) is 1. The fourth-order valence-corrected chi connectivity index (χ4v) is 2.06. The monoisotopic (exact) mass is 265 g/mol. The molecule has 0 atom stereocenters. The van der Waals surface area contributed by atoms with E-state index in [2.05, 4.69) is 21.2 Å². The van der Waals surface area contributed by atoms with Crippen LogP contribution in [0.3, 0.4) is 0 Å². The first kappa shape index (κ1) is 10.4. The van der Waals surface area contributed by atoms with E-state index >= 15 is 0 Å². The van der Waals surface area contributed by atoms with Crippen LogP contribution in [0.4, 0.5) is 0 Å². The molecular weight excluding hydrogens is 254 g/mol. The molecule has 0 saturated carbocycles. The lowest BCUT2D eigenvalue weighted by Crippen LogP contribution is -2.37. The summed E-state index contributed by atoms with van der Waals surface area (Å²) in [6, 6.07) is 7.99. The van der Waals surface area contributed by atoms with Crippen molar-refractivity contribution in [3.8, 4) is 0 Å². The topological polar surface area (TPSA) is 29.1 Å². The molecule has 0 unspecified atom stereocenters. The van der Waals surface area contributed by atoms with Crippen LogP contribution in [0, 0.1) is 0 Å². The number of nitrogens with one attached hydrogen (secondary N) is 1. The highest BCUT2D eigenvalue weighted by molar-refractivity contribution is 9.10. The molecule has 0 fully saturated rings. The van der Waals surface area contributed by atoms with Crippen LogP contribution in [0.1, 0.15) is 19.4 Å². The molecule has 1 amide bonds. The van der Waals surface area contributed by atoms with Crippen LogP contribution in [-0.2, 0) is 4.79 Å². The Kier molecular flexibility index (Phi) is 2.43. The summed E-state index contributed by atoms with van der Waals surface area (Å²) in [7, 11) is 0. The highest BCUT2D eigenvalue weighted by atomic mass is 79.9. The van der Waals surface area contributed by atoms with E-state index < -0.39 is 0 Å². The van der Waals surface area contributed by atoms with Crippen molar-refractivity contribution in [2.24, 2.45) is 0 Å². The Balaban J connectivity index is 2.43. The third kappa shape index (κ3) is 1.97. The molecule has 3 heteroatoms. The Morgan fingerprint density at radius 1 is 1.20 bits per heavy atom. The van der Waals surface area contributed by atoms with Crippen molar-refractivity contribution in [3.05, 3.63) is 40.4 Å². The minimum atomic E-state index is -0.273. The zero-order valence-corrected chi connectivity index (χ0v) is 10.3. The minimum Gasteiger partial charge on any atom is -0.344 e. The number of hydrogen-bond donors (Lipinski definition) is 1. The Labute approximate surface area is 97.5 Å². The maximum Gasteiger partial charge on any atom is 0.245 e. The van der Waals surface area contributed by atoms with Gasteiger partial charge in [0.25, 0.3) is 0 Å². The maximum atomic E-state index is 11.3. The largest absolute Gasteiger partial charge is 0.344 e. The fourth-order valence-electron chi connectivity index (χ4n) is 1.80. The van der Waals surface area contributed by atoms with Crippen LogP contribution in [0.25, 0.3) is 5.57 Å². The summed E-state index contributed by atoms with van der Waals surface area (Å²) in [6.45, 7) is 4.01. The molecule has 1 aromatic rings. The summed E-state index contributed by atoms with van der Waals surface area (Å²) < 4.78 is 1.04. The molecule has 1 aromatic carbocycles. The average molecular weight is 266 g/mol. The molecule has 1 aliphatic rings. The molecular formula is C12H12BrNO. The molecule has 0 saturated heterocycles. The predicted octanol–water partition coefficient (Wildman–Crippen LogP) is 2.74. The Bertz CT molecular complexity index is 431. The first-order valence-electron chi connectivity index (χ1n) is 4.79. The number of halogens is 1. The van der Waals surface area contributed by atoms with Crippen LogP contribution < -0.4 is 5.32 Å². The van der Waals surface area contributed by atoms with Crippen molar-refractivity contribution in [3.63, 3.8) is 0 Å². The smallest absolute Gasteiger partial charge is 0.245 e. The lowest BCUT2D eigenvalue weighted by molar-refractivity contribution is -0.116. The molecule has 0 spiro atoms. The summed E-state index contributed by atoms with van der Waals surface area (Å²) in [5.41, 5.74) is 1.85. The average Bonchev–Trinajstić information content (AvgIpc) is 2.41. The van der Waals surface area contributed by atoms with Gasteiger partial charge in [0.1, 0.15) is 0 Å². The number of benzene rings is 1. The zero-order valence-electron chi connectivity index (χ0n) is 8.67. The van der Waals surface area contributed by atoms with Gasteiger partial charge in [-0.05, 0) is 37.1 Å². The Morgan fingerprint density at radius 3 is 2.27 bits per heavy atom. The van der Waals surface area contributed by atoms with E-state index in [-0.39, 0.29) is 11.4 Å². The lowest BCUT2D eigenvalue weighted by Gasteiger charge is -2.23. The van der Waals surface area contributed by atoms with Crippen molar-refractivity contribution < 1.29 is 4.79 Å². The normalized spacial score (nSPS) is 18.6. The van der Waals surface area contributed by atoms with Gasteiger partial charge < -0.3 is 5.32 Å².